The third-order valence-electron chi connectivity index (χ3n) is 1.87. The Morgan fingerprint density at radius 1 is 1.29 bits per heavy atom. The number of ether oxygens (including phenoxy) is 1. The summed E-state index contributed by atoms with van der Waals surface area (Å²) in [5.74, 6) is -3.55. The fraction of sp³-hybridized carbons (Fsp3) is 0.250. The second-order valence-electron chi connectivity index (χ2n) is 3.28. The minimum absolute atomic E-state index is 0.309. The summed E-state index contributed by atoms with van der Waals surface area (Å²) in [6.45, 7) is 0. The topological polar surface area (TPSA) is 82.3 Å². The van der Waals surface area contributed by atoms with E-state index < -0.39 is 45.5 Å². The largest absolute Gasteiger partial charge is 0.575 e. The molecule has 0 aromatic carbocycles. The number of carbonyl (C=O) groups excluding carboxylic acids is 1. The average molecular weight is 339 g/mol. The van der Waals surface area contributed by atoms with Gasteiger partial charge in [-0.15, -0.1) is 13.2 Å². The summed E-state index contributed by atoms with van der Waals surface area (Å²) in [6.07, 6.45) is -10.8. The Kier molecular flexibility index (Phi) is 4.32. The molecule has 0 aliphatic carbocycles. The van der Waals surface area contributed by atoms with E-state index in [0.29, 0.717) is 0 Å². The molecule has 13 heteroatoms. The lowest BCUT2D eigenvalue weighted by Crippen LogP contribution is -2.20. The molecule has 0 aliphatic heterocycles. The lowest BCUT2D eigenvalue weighted by molar-refractivity contribution is -0.390. The van der Waals surface area contributed by atoms with E-state index in [1.807, 2.05) is 0 Å². The van der Waals surface area contributed by atoms with Gasteiger partial charge in [-0.2, -0.15) is 13.2 Å². The van der Waals surface area contributed by atoms with E-state index >= 15 is 0 Å². The van der Waals surface area contributed by atoms with Crippen molar-refractivity contribution in [3.63, 3.8) is 0 Å². The van der Waals surface area contributed by atoms with Crippen molar-refractivity contribution in [3.8, 4) is 5.88 Å². The van der Waals surface area contributed by atoms with Gasteiger partial charge in [0.15, 0.2) is 0 Å². The Bertz CT molecular complexity index is 600. The van der Waals surface area contributed by atoms with Crippen LogP contribution >= 0.6 is 11.6 Å². The first kappa shape index (κ1) is 16.9. The maximum atomic E-state index is 12.7. The van der Waals surface area contributed by atoms with Gasteiger partial charge in [0.25, 0.3) is 5.24 Å². The van der Waals surface area contributed by atoms with E-state index in [2.05, 4.69) is 9.72 Å². The summed E-state index contributed by atoms with van der Waals surface area (Å²) in [6, 6.07) is -0.309. The van der Waals surface area contributed by atoms with E-state index in [-0.39, 0.29) is 6.07 Å². The third-order valence-corrected chi connectivity index (χ3v) is 2.06. The van der Waals surface area contributed by atoms with E-state index in [9.17, 15) is 41.3 Å². The van der Waals surface area contributed by atoms with Crippen LogP contribution in [0.1, 0.15) is 15.9 Å². The molecule has 1 aromatic rings. The van der Waals surface area contributed by atoms with Crippen molar-refractivity contribution in [2.24, 2.45) is 0 Å². The number of nitrogens with zero attached hydrogens (tertiary/aromatic N) is 2. The SMILES string of the molecule is O=C(Cl)c1c(C(F)(F)F)cc(OC(F)(F)F)nc1[N+](=O)[O-]. The highest BCUT2D eigenvalue weighted by molar-refractivity contribution is 6.68. The molecule has 1 heterocycles. The molecule has 21 heavy (non-hydrogen) atoms. The van der Waals surface area contributed by atoms with Crippen LogP contribution in [0.4, 0.5) is 32.2 Å². The summed E-state index contributed by atoms with van der Waals surface area (Å²) in [4.78, 5) is 22.5. The molecule has 0 radical (unpaired) electrons. The first-order chi connectivity index (χ1) is 9.33. The molecule has 0 spiro atoms. The Morgan fingerprint density at radius 2 is 1.81 bits per heavy atom. The minimum atomic E-state index is -5.43. The zero-order valence-electron chi connectivity index (χ0n) is 9.25. The van der Waals surface area contributed by atoms with Crippen LogP contribution in [0.5, 0.6) is 5.88 Å². The minimum Gasteiger partial charge on any atom is -0.366 e. The molecule has 0 saturated heterocycles. The van der Waals surface area contributed by atoms with Crippen LogP contribution in [0.25, 0.3) is 0 Å². The molecule has 0 saturated carbocycles. The van der Waals surface area contributed by atoms with Crippen molar-refractivity contribution in [1.29, 1.82) is 0 Å². The Labute approximate surface area is 115 Å². The fourth-order valence-electron chi connectivity index (χ4n) is 1.23. The van der Waals surface area contributed by atoms with Gasteiger partial charge in [-0.25, -0.2) is 0 Å². The van der Waals surface area contributed by atoms with Gasteiger partial charge >= 0.3 is 24.2 Å². The van der Waals surface area contributed by atoms with Crippen LogP contribution in [-0.2, 0) is 6.18 Å². The standard InChI is InChI=1S/C8HClF6N2O4/c9-5(18)4-2(7(10,11)12)1-3(21-8(13,14)15)16-6(4)17(19)20/h1H. The van der Waals surface area contributed by atoms with Crippen molar-refractivity contribution in [3.05, 3.63) is 27.3 Å². The number of pyridine rings is 1. The predicted molar refractivity (Wildman–Crippen MR) is 52.8 cm³/mol. The molecule has 116 valence electrons. The van der Waals surface area contributed by atoms with Gasteiger partial charge in [0.1, 0.15) is 5.56 Å². The van der Waals surface area contributed by atoms with Crippen LogP contribution in [0.2, 0.25) is 0 Å². The van der Waals surface area contributed by atoms with Crippen molar-refractivity contribution in [2.75, 3.05) is 0 Å². The van der Waals surface area contributed by atoms with E-state index in [1.54, 1.807) is 0 Å². The number of hydrogen-bond donors (Lipinski definition) is 0. The molecule has 0 atom stereocenters. The zero-order chi connectivity index (χ0) is 16.6. The predicted octanol–water partition coefficient (Wildman–Crippen LogP) is 3.29. The van der Waals surface area contributed by atoms with Crippen molar-refractivity contribution in [2.45, 2.75) is 12.5 Å². The third kappa shape index (κ3) is 4.18. The lowest BCUT2D eigenvalue weighted by atomic mass is 10.1. The molecular formula is C8HClF6N2O4. The molecule has 0 amide bonds. The maximum absolute atomic E-state index is 12.7. The molecule has 0 aliphatic rings. The Balaban J connectivity index is 3.66. The summed E-state index contributed by atoms with van der Waals surface area (Å²) < 4.78 is 77.0. The number of aromatic nitrogens is 1. The Morgan fingerprint density at radius 3 is 2.14 bits per heavy atom. The number of hydrogen-bond acceptors (Lipinski definition) is 5. The van der Waals surface area contributed by atoms with Gasteiger partial charge in [-0.3, -0.25) is 4.79 Å². The van der Waals surface area contributed by atoms with Gasteiger partial charge in [-0.05, 0) is 16.5 Å². The second kappa shape index (κ2) is 5.35. The van der Waals surface area contributed by atoms with Gasteiger partial charge in [0.2, 0.25) is 0 Å². The van der Waals surface area contributed by atoms with Crippen molar-refractivity contribution >= 4 is 22.7 Å². The Hall–Kier alpha value is -2.11. The summed E-state index contributed by atoms with van der Waals surface area (Å²) in [5.41, 5.74) is -3.74. The number of carbonyl (C=O) groups is 1. The number of halogens is 7. The van der Waals surface area contributed by atoms with Crippen LogP contribution < -0.4 is 4.74 Å². The quantitative estimate of drug-likeness (QED) is 0.365. The maximum Gasteiger partial charge on any atom is 0.575 e. The molecule has 6 nitrogen and oxygen atoms in total. The van der Waals surface area contributed by atoms with Gasteiger partial charge < -0.3 is 14.9 Å². The molecule has 0 unspecified atom stereocenters. The van der Waals surface area contributed by atoms with E-state index in [0.717, 1.165) is 0 Å². The fourth-order valence-corrected chi connectivity index (χ4v) is 1.42. The van der Waals surface area contributed by atoms with E-state index in [4.69, 9.17) is 11.6 Å². The molecule has 1 aromatic heterocycles. The number of alkyl halides is 6. The van der Waals surface area contributed by atoms with Gasteiger partial charge in [0, 0.05) is 11.1 Å². The zero-order valence-corrected chi connectivity index (χ0v) is 10.0. The molecular weight excluding hydrogens is 338 g/mol. The van der Waals surface area contributed by atoms with Crippen LogP contribution in [0, 0.1) is 10.1 Å². The highest BCUT2D eigenvalue weighted by Crippen LogP contribution is 2.39. The normalized spacial score (nSPS) is 12.1. The number of rotatable bonds is 3. The highest BCUT2D eigenvalue weighted by Gasteiger charge is 2.43. The molecule has 0 fully saturated rings. The summed E-state index contributed by atoms with van der Waals surface area (Å²) >= 11 is 4.80. The van der Waals surface area contributed by atoms with Crippen LogP contribution in [-0.4, -0.2) is 21.5 Å². The summed E-state index contributed by atoms with van der Waals surface area (Å²) in [5, 5.41) is 8.65. The second-order valence-corrected chi connectivity index (χ2v) is 3.63. The monoisotopic (exact) mass is 338 g/mol. The van der Waals surface area contributed by atoms with Crippen molar-refractivity contribution < 1.29 is 40.8 Å². The summed E-state index contributed by atoms with van der Waals surface area (Å²) in [7, 11) is 0. The van der Waals surface area contributed by atoms with Gasteiger partial charge in [0.05, 0.1) is 5.56 Å². The number of nitro groups is 1. The molecule has 1 rings (SSSR count). The smallest absolute Gasteiger partial charge is 0.366 e. The first-order valence-electron chi connectivity index (χ1n) is 4.55. The van der Waals surface area contributed by atoms with Gasteiger partial charge in [-0.1, -0.05) is 0 Å². The lowest BCUT2D eigenvalue weighted by Gasteiger charge is -2.12. The van der Waals surface area contributed by atoms with Crippen LogP contribution in [0.3, 0.4) is 0 Å². The van der Waals surface area contributed by atoms with Crippen molar-refractivity contribution in [1.82, 2.24) is 4.98 Å². The molecule has 0 N–H and O–H groups in total. The first-order valence-corrected chi connectivity index (χ1v) is 4.93. The average Bonchev–Trinajstić information content (AvgIpc) is 2.23. The molecule has 0 bridgehead atoms. The van der Waals surface area contributed by atoms with Crippen LogP contribution in [0.15, 0.2) is 6.07 Å². The highest BCUT2D eigenvalue weighted by atomic mass is 35.5. The van der Waals surface area contributed by atoms with E-state index in [1.165, 1.54) is 0 Å².